The van der Waals surface area contributed by atoms with Gasteiger partial charge in [0.15, 0.2) is 0 Å². The van der Waals surface area contributed by atoms with Crippen LogP contribution in [0, 0.1) is 12.8 Å². The SMILES string of the molecule is Cc1csc(CCNC(=O)N2CCC(C)CC2)n1. The summed E-state index contributed by atoms with van der Waals surface area (Å²) in [6, 6.07) is 0.0789. The van der Waals surface area contributed by atoms with Gasteiger partial charge in [0.05, 0.1) is 5.01 Å². The Morgan fingerprint density at radius 2 is 2.28 bits per heavy atom. The quantitative estimate of drug-likeness (QED) is 0.914. The molecule has 1 N–H and O–H groups in total. The first-order valence-corrected chi connectivity index (χ1v) is 7.47. The molecule has 100 valence electrons. The normalized spacial score (nSPS) is 16.9. The van der Waals surface area contributed by atoms with Gasteiger partial charge in [-0.25, -0.2) is 9.78 Å². The molecule has 1 aliphatic heterocycles. The fraction of sp³-hybridized carbons (Fsp3) is 0.692. The van der Waals surface area contributed by atoms with Crippen molar-refractivity contribution in [2.75, 3.05) is 19.6 Å². The zero-order valence-electron chi connectivity index (χ0n) is 11.1. The van der Waals surface area contributed by atoms with Gasteiger partial charge in [-0.3, -0.25) is 0 Å². The smallest absolute Gasteiger partial charge is 0.317 e. The highest BCUT2D eigenvalue weighted by molar-refractivity contribution is 7.09. The molecule has 4 nitrogen and oxygen atoms in total. The first kappa shape index (κ1) is 13.3. The van der Waals surface area contributed by atoms with Crippen LogP contribution in [0.4, 0.5) is 4.79 Å². The topological polar surface area (TPSA) is 45.2 Å². The summed E-state index contributed by atoms with van der Waals surface area (Å²) in [5.41, 5.74) is 1.06. The monoisotopic (exact) mass is 267 g/mol. The molecule has 1 aliphatic rings. The van der Waals surface area contributed by atoms with Crippen LogP contribution in [0.5, 0.6) is 0 Å². The largest absolute Gasteiger partial charge is 0.338 e. The first-order valence-electron chi connectivity index (χ1n) is 6.59. The third-order valence-corrected chi connectivity index (χ3v) is 4.38. The van der Waals surface area contributed by atoms with Crippen LogP contribution in [-0.2, 0) is 6.42 Å². The lowest BCUT2D eigenvalue weighted by Gasteiger charge is -2.30. The number of thiazole rings is 1. The molecule has 0 aromatic carbocycles. The minimum atomic E-state index is 0.0789. The zero-order valence-corrected chi connectivity index (χ0v) is 11.9. The van der Waals surface area contributed by atoms with Crippen LogP contribution in [0.2, 0.25) is 0 Å². The molecule has 1 aromatic heterocycles. The minimum Gasteiger partial charge on any atom is -0.338 e. The summed E-state index contributed by atoms with van der Waals surface area (Å²) in [7, 11) is 0. The molecular weight excluding hydrogens is 246 g/mol. The van der Waals surface area contributed by atoms with E-state index >= 15 is 0 Å². The molecule has 2 heterocycles. The van der Waals surface area contributed by atoms with Gasteiger partial charge in [-0.05, 0) is 25.7 Å². The van der Waals surface area contributed by atoms with Crippen molar-refractivity contribution in [3.63, 3.8) is 0 Å². The summed E-state index contributed by atoms with van der Waals surface area (Å²) >= 11 is 1.66. The first-order chi connectivity index (χ1) is 8.65. The zero-order chi connectivity index (χ0) is 13.0. The molecule has 0 unspecified atom stereocenters. The fourth-order valence-electron chi connectivity index (χ4n) is 2.12. The molecule has 0 bridgehead atoms. The third kappa shape index (κ3) is 3.70. The highest BCUT2D eigenvalue weighted by Crippen LogP contribution is 2.15. The standard InChI is InChI=1S/C13H21N3OS/c1-10-4-7-16(8-5-10)13(17)14-6-3-12-15-11(2)9-18-12/h9-10H,3-8H2,1-2H3,(H,14,17). The number of amides is 2. The molecule has 1 aromatic rings. The predicted molar refractivity (Wildman–Crippen MR) is 73.9 cm³/mol. The Labute approximate surface area is 112 Å². The van der Waals surface area contributed by atoms with Crippen molar-refractivity contribution in [2.45, 2.75) is 33.1 Å². The molecular formula is C13H21N3OS. The number of aromatic nitrogens is 1. The molecule has 18 heavy (non-hydrogen) atoms. The van der Waals surface area contributed by atoms with Gasteiger partial charge in [-0.15, -0.1) is 11.3 Å². The van der Waals surface area contributed by atoms with Gasteiger partial charge in [0, 0.05) is 37.1 Å². The third-order valence-electron chi connectivity index (χ3n) is 3.35. The lowest BCUT2D eigenvalue weighted by molar-refractivity contribution is 0.174. The van der Waals surface area contributed by atoms with Crippen LogP contribution in [0.25, 0.3) is 0 Å². The Bertz CT molecular complexity index is 397. The van der Waals surface area contributed by atoms with E-state index in [-0.39, 0.29) is 6.03 Å². The maximum Gasteiger partial charge on any atom is 0.317 e. The van der Waals surface area contributed by atoms with Gasteiger partial charge in [0.1, 0.15) is 0 Å². The van der Waals surface area contributed by atoms with Crippen molar-refractivity contribution in [1.82, 2.24) is 15.2 Å². The van der Waals surface area contributed by atoms with Crippen LogP contribution in [0.3, 0.4) is 0 Å². The molecule has 1 fully saturated rings. The number of aryl methyl sites for hydroxylation is 1. The number of carbonyl (C=O) groups excluding carboxylic acids is 1. The van der Waals surface area contributed by atoms with E-state index in [0.717, 1.165) is 49.0 Å². The summed E-state index contributed by atoms with van der Waals surface area (Å²) < 4.78 is 0. The molecule has 0 aliphatic carbocycles. The number of urea groups is 1. The number of hydrogen-bond donors (Lipinski definition) is 1. The van der Waals surface area contributed by atoms with Crippen LogP contribution in [-0.4, -0.2) is 35.5 Å². The Kier molecular flexibility index (Phi) is 4.58. The number of hydrogen-bond acceptors (Lipinski definition) is 3. The van der Waals surface area contributed by atoms with E-state index in [2.05, 4.69) is 17.2 Å². The Morgan fingerprint density at radius 1 is 1.56 bits per heavy atom. The molecule has 5 heteroatoms. The number of rotatable bonds is 3. The van der Waals surface area contributed by atoms with Crippen LogP contribution < -0.4 is 5.32 Å². The molecule has 1 saturated heterocycles. The highest BCUT2D eigenvalue weighted by atomic mass is 32.1. The lowest BCUT2D eigenvalue weighted by Crippen LogP contribution is -2.44. The second-order valence-electron chi connectivity index (χ2n) is 5.03. The van der Waals surface area contributed by atoms with Gasteiger partial charge in [-0.1, -0.05) is 6.92 Å². The average Bonchev–Trinajstić information content (AvgIpc) is 2.76. The number of likely N-dealkylation sites (tertiary alicyclic amines) is 1. The van der Waals surface area contributed by atoms with Gasteiger partial charge in [-0.2, -0.15) is 0 Å². The van der Waals surface area contributed by atoms with E-state index in [9.17, 15) is 4.79 Å². The van der Waals surface area contributed by atoms with Crippen molar-refractivity contribution in [2.24, 2.45) is 5.92 Å². The van der Waals surface area contributed by atoms with Crippen molar-refractivity contribution < 1.29 is 4.79 Å². The van der Waals surface area contributed by atoms with E-state index in [4.69, 9.17) is 0 Å². The molecule has 0 spiro atoms. The second kappa shape index (κ2) is 6.18. The summed E-state index contributed by atoms with van der Waals surface area (Å²) in [4.78, 5) is 18.2. The fourth-order valence-corrected chi connectivity index (χ4v) is 2.89. The van der Waals surface area contributed by atoms with Crippen molar-refractivity contribution in [1.29, 1.82) is 0 Å². The highest BCUT2D eigenvalue weighted by Gasteiger charge is 2.19. The summed E-state index contributed by atoms with van der Waals surface area (Å²) in [6.45, 7) is 6.71. The van der Waals surface area contributed by atoms with Crippen LogP contribution in [0.15, 0.2) is 5.38 Å². The Hall–Kier alpha value is -1.10. The lowest BCUT2D eigenvalue weighted by atomic mass is 10.00. The van der Waals surface area contributed by atoms with Crippen LogP contribution in [0.1, 0.15) is 30.5 Å². The van der Waals surface area contributed by atoms with E-state index in [0.29, 0.717) is 6.54 Å². The van der Waals surface area contributed by atoms with Crippen molar-refractivity contribution in [3.05, 3.63) is 16.1 Å². The summed E-state index contributed by atoms with van der Waals surface area (Å²) in [5.74, 6) is 0.757. The summed E-state index contributed by atoms with van der Waals surface area (Å²) in [6.07, 6.45) is 3.08. The van der Waals surface area contributed by atoms with Crippen molar-refractivity contribution >= 4 is 17.4 Å². The van der Waals surface area contributed by atoms with E-state index < -0.39 is 0 Å². The average molecular weight is 267 g/mol. The van der Waals surface area contributed by atoms with Crippen molar-refractivity contribution in [3.8, 4) is 0 Å². The predicted octanol–water partition coefficient (Wildman–Crippen LogP) is 2.44. The van der Waals surface area contributed by atoms with Gasteiger partial charge in [0.25, 0.3) is 0 Å². The van der Waals surface area contributed by atoms with E-state index in [1.54, 1.807) is 11.3 Å². The van der Waals surface area contributed by atoms with Gasteiger partial charge < -0.3 is 10.2 Å². The number of carbonyl (C=O) groups is 1. The summed E-state index contributed by atoms with van der Waals surface area (Å²) in [5, 5.41) is 6.12. The minimum absolute atomic E-state index is 0.0789. The maximum atomic E-state index is 11.9. The molecule has 2 amide bonds. The van der Waals surface area contributed by atoms with Gasteiger partial charge in [0.2, 0.25) is 0 Å². The van der Waals surface area contributed by atoms with Crippen LogP contribution >= 0.6 is 11.3 Å². The Balaban J connectivity index is 1.68. The maximum absolute atomic E-state index is 11.9. The molecule has 0 atom stereocenters. The van der Waals surface area contributed by atoms with Gasteiger partial charge >= 0.3 is 6.03 Å². The number of piperidine rings is 1. The molecule has 0 radical (unpaired) electrons. The van der Waals surface area contributed by atoms with E-state index in [1.807, 2.05) is 17.2 Å². The molecule has 2 rings (SSSR count). The second-order valence-corrected chi connectivity index (χ2v) is 5.98. The Morgan fingerprint density at radius 3 is 2.89 bits per heavy atom. The number of nitrogens with one attached hydrogen (secondary N) is 1. The molecule has 0 saturated carbocycles. The van der Waals surface area contributed by atoms with E-state index in [1.165, 1.54) is 0 Å². The number of nitrogens with zero attached hydrogens (tertiary/aromatic N) is 2.